The zero-order valence-corrected chi connectivity index (χ0v) is 12.1. The topological polar surface area (TPSA) is 72.2 Å². The Morgan fingerprint density at radius 3 is 2.43 bits per heavy atom. The fourth-order valence-electron chi connectivity index (χ4n) is 2.52. The van der Waals surface area contributed by atoms with Crippen LogP contribution in [0.25, 0.3) is 0 Å². The summed E-state index contributed by atoms with van der Waals surface area (Å²) in [7, 11) is 0. The van der Waals surface area contributed by atoms with Gasteiger partial charge in [-0.05, 0) is 42.8 Å². The van der Waals surface area contributed by atoms with Crippen LogP contribution in [0.4, 0.5) is 11.4 Å². The van der Waals surface area contributed by atoms with E-state index < -0.39 is 5.41 Å². The highest BCUT2D eigenvalue weighted by Crippen LogP contribution is 2.37. The molecule has 0 spiro atoms. The second kappa shape index (κ2) is 4.60. The van der Waals surface area contributed by atoms with Gasteiger partial charge in [0.2, 0.25) is 5.91 Å². The first-order valence-electron chi connectivity index (χ1n) is 6.45. The second-order valence-corrected chi connectivity index (χ2v) is 5.66. The molecule has 2 aromatic carbocycles. The van der Waals surface area contributed by atoms with Crippen LogP contribution in [-0.4, -0.2) is 11.7 Å². The number of Topliss-reactive ketones (excluding diaryl/α,β-unsaturated/α-hetero) is 1. The maximum Gasteiger partial charge on any atom is 0.242 e. The van der Waals surface area contributed by atoms with Gasteiger partial charge >= 0.3 is 0 Å². The highest BCUT2D eigenvalue weighted by Gasteiger charge is 2.47. The van der Waals surface area contributed by atoms with E-state index in [0.29, 0.717) is 27.5 Å². The molecule has 0 saturated heterocycles. The summed E-state index contributed by atoms with van der Waals surface area (Å²) in [6.07, 6.45) is 0. The van der Waals surface area contributed by atoms with E-state index in [-0.39, 0.29) is 11.7 Å². The molecule has 0 saturated carbocycles. The van der Waals surface area contributed by atoms with Crippen LogP contribution in [0.5, 0.6) is 0 Å². The Labute approximate surface area is 126 Å². The van der Waals surface area contributed by atoms with Gasteiger partial charge in [-0.15, -0.1) is 0 Å². The van der Waals surface area contributed by atoms with E-state index in [2.05, 4.69) is 5.32 Å². The number of amides is 1. The molecule has 0 aliphatic carbocycles. The molecule has 106 valence electrons. The Morgan fingerprint density at radius 2 is 1.76 bits per heavy atom. The van der Waals surface area contributed by atoms with Crippen molar-refractivity contribution in [2.45, 2.75) is 12.3 Å². The van der Waals surface area contributed by atoms with Crippen molar-refractivity contribution in [3.63, 3.8) is 0 Å². The zero-order valence-electron chi connectivity index (χ0n) is 11.3. The van der Waals surface area contributed by atoms with Gasteiger partial charge in [-0.25, -0.2) is 0 Å². The van der Waals surface area contributed by atoms with Gasteiger partial charge in [0.05, 0.1) is 5.69 Å². The molecule has 0 radical (unpaired) electrons. The number of rotatable bonds is 1. The number of nitrogens with two attached hydrogens (primary N) is 1. The standard InChI is InChI=1S/C16H13ClN2O2/c1-16(9-2-5-11(18)6-3-9)14(20)12-7-4-10(17)8-13(12)19-15(16)21/h2-8H,18H2,1H3,(H,19,21). The molecular weight excluding hydrogens is 288 g/mol. The minimum absolute atomic E-state index is 0.248. The lowest BCUT2D eigenvalue weighted by molar-refractivity contribution is -0.119. The van der Waals surface area contributed by atoms with Crippen LogP contribution >= 0.6 is 11.6 Å². The lowest BCUT2D eigenvalue weighted by Gasteiger charge is -2.32. The number of anilines is 2. The molecule has 4 nitrogen and oxygen atoms in total. The third-order valence-corrected chi connectivity index (χ3v) is 4.11. The summed E-state index contributed by atoms with van der Waals surface area (Å²) in [6.45, 7) is 1.62. The first-order valence-corrected chi connectivity index (χ1v) is 6.82. The molecule has 1 amide bonds. The molecule has 1 aliphatic heterocycles. The summed E-state index contributed by atoms with van der Waals surface area (Å²) in [5, 5.41) is 3.23. The molecule has 0 fully saturated rings. The van der Waals surface area contributed by atoms with E-state index in [0.717, 1.165) is 0 Å². The van der Waals surface area contributed by atoms with Gasteiger partial charge in [0.15, 0.2) is 5.78 Å². The van der Waals surface area contributed by atoms with Crippen molar-refractivity contribution in [1.29, 1.82) is 0 Å². The Hall–Kier alpha value is -2.33. The molecule has 0 aromatic heterocycles. The van der Waals surface area contributed by atoms with E-state index in [1.165, 1.54) is 0 Å². The highest BCUT2D eigenvalue weighted by atomic mass is 35.5. The molecule has 0 bridgehead atoms. The van der Waals surface area contributed by atoms with Gasteiger partial charge in [-0.3, -0.25) is 9.59 Å². The van der Waals surface area contributed by atoms with Gasteiger partial charge in [0, 0.05) is 16.3 Å². The monoisotopic (exact) mass is 300 g/mol. The Balaban J connectivity index is 2.16. The van der Waals surface area contributed by atoms with Gasteiger partial charge in [-0.2, -0.15) is 0 Å². The van der Waals surface area contributed by atoms with Crippen molar-refractivity contribution in [1.82, 2.24) is 0 Å². The Bertz CT molecular complexity index is 755. The number of carbonyl (C=O) groups excluding carboxylic acids is 2. The summed E-state index contributed by atoms with van der Waals surface area (Å²) in [6, 6.07) is 11.6. The molecule has 1 aliphatic rings. The van der Waals surface area contributed by atoms with E-state index in [1.54, 1.807) is 49.4 Å². The van der Waals surface area contributed by atoms with Crippen LogP contribution in [0.1, 0.15) is 22.8 Å². The molecule has 3 rings (SSSR count). The molecule has 2 aromatic rings. The molecule has 1 unspecified atom stereocenters. The molecular formula is C16H13ClN2O2. The quantitative estimate of drug-likeness (QED) is 0.628. The van der Waals surface area contributed by atoms with E-state index in [1.807, 2.05) is 0 Å². The van der Waals surface area contributed by atoms with Crippen molar-refractivity contribution < 1.29 is 9.59 Å². The lowest BCUT2D eigenvalue weighted by Crippen LogP contribution is -2.48. The van der Waals surface area contributed by atoms with E-state index >= 15 is 0 Å². The van der Waals surface area contributed by atoms with Crippen LogP contribution in [0, 0.1) is 0 Å². The molecule has 3 N–H and O–H groups in total. The number of hydrogen-bond donors (Lipinski definition) is 2. The second-order valence-electron chi connectivity index (χ2n) is 5.22. The number of halogens is 1. The molecule has 21 heavy (non-hydrogen) atoms. The zero-order chi connectivity index (χ0) is 15.2. The summed E-state index contributed by atoms with van der Waals surface area (Å²) < 4.78 is 0. The Morgan fingerprint density at radius 1 is 1.10 bits per heavy atom. The van der Waals surface area contributed by atoms with E-state index in [9.17, 15) is 9.59 Å². The van der Waals surface area contributed by atoms with E-state index in [4.69, 9.17) is 17.3 Å². The van der Waals surface area contributed by atoms with Crippen molar-refractivity contribution in [2.75, 3.05) is 11.1 Å². The number of hydrogen-bond acceptors (Lipinski definition) is 3. The maximum absolute atomic E-state index is 12.8. The van der Waals surface area contributed by atoms with Crippen LogP contribution < -0.4 is 11.1 Å². The SMILES string of the molecule is CC1(c2ccc(N)cc2)C(=O)Nc2cc(Cl)ccc2C1=O. The number of nitrogens with one attached hydrogen (secondary N) is 1. The first-order chi connectivity index (χ1) is 9.92. The third kappa shape index (κ3) is 1.99. The fraction of sp³-hybridized carbons (Fsp3) is 0.125. The maximum atomic E-state index is 12.8. The molecule has 1 atom stereocenters. The minimum Gasteiger partial charge on any atom is -0.399 e. The largest absolute Gasteiger partial charge is 0.399 e. The van der Waals surface area contributed by atoms with Crippen molar-refractivity contribution in [2.24, 2.45) is 0 Å². The predicted octanol–water partition coefficient (Wildman–Crippen LogP) is 3.01. The minimum atomic E-state index is -1.27. The van der Waals surface area contributed by atoms with Crippen molar-refractivity contribution in [3.05, 3.63) is 58.6 Å². The lowest BCUT2D eigenvalue weighted by atomic mass is 9.73. The number of nitrogen functional groups attached to an aromatic ring is 1. The number of carbonyl (C=O) groups is 2. The predicted molar refractivity (Wildman–Crippen MR) is 82.6 cm³/mol. The average molecular weight is 301 g/mol. The van der Waals surface area contributed by atoms with Crippen LogP contribution in [0.2, 0.25) is 5.02 Å². The summed E-state index contributed by atoms with van der Waals surface area (Å²) in [5.41, 5.74) is 6.49. The summed E-state index contributed by atoms with van der Waals surface area (Å²) in [4.78, 5) is 25.3. The fourth-order valence-corrected chi connectivity index (χ4v) is 2.69. The third-order valence-electron chi connectivity index (χ3n) is 3.87. The van der Waals surface area contributed by atoms with Crippen LogP contribution in [0.15, 0.2) is 42.5 Å². The van der Waals surface area contributed by atoms with Crippen molar-refractivity contribution >= 4 is 34.7 Å². The molecule has 1 heterocycles. The van der Waals surface area contributed by atoms with Gasteiger partial charge in [0.25, 0.3) is 0 Å². The average Bonchev–Trinajstić information content (AvgIpc) is 2.45. The normalized spacial score (nSPS) is 20.9. The first kappa shape index (κ1) is 13.6. The summed E-state index contributed by atoms with van der Waals surface area (Å²) >= 11 is 5.90. The van der Waals surface area contributed by atoms with Crippen molar-refractivity contribution in [3.8, 4) is 0 Å². The van der Waals surface area contributed by atoms with Gasteiger partial charge in [-0.1, -0.05) is 23.7 Å². The number of ketones is 1. The van der Waals surface area contributed by atoms with Crippen LogP contribution in [0.3, 0.4) is 0 Å². The number of benzene rings is 2. The smallest absolute Gasteiger partial charge is 0.242 e. The van der Waals surface area contributed by atoms with Gasteiger partial charge in [0.1, 0.15) is 5.41 Å². The highest BCUT2D eigenvalue weighted by molar-refractivity contribution is 6.32. The van der Waals surface area contributed by atoms with Gasteiger partial charge < -0.3 is 11.1 Å². The Kier molecular flexibility index (Phi) is 2.99. The summed E-state index contributed by atoms with van der Waals surface area (Å²) in [5.74, 6) is -0.616. The van der Waals surface area contributed by atoms with Crippen LogP contribution in [-0.2, 0) is 10.2 Å². The molecule has 5 heteroatoms. The number of fused-ring (bicyclic) bond motifs is 1.